The van der Waals surface area contributed by atoms with Gasteiger partial charge >= 0.3 is 5.97 Å². The van der Waals surface area contributed by atoms with Crippen LogP contribution in [0.25, 0.3) is 22.3 Å². The van der Waals surface area contributed by atoms with E-state index in [-0.39, 0.29) is 23.6 Å². The van der Waals surface area contributed by atoms with Crippen molar-refractivity contribution in [1.29, 1.82) is 0 Å². The highest BCUT2D eigenvalue weighted by molar-refractivity contribution is 6.30. The molecule has 1 aromatic heterocycles. The monoisotopic (exact) mass is 531 g/mol. The Kier molecular flexibility index (Phi) is 7.65. The number of amides is 1. The van der Waals surface area contributed by atoms with Gasteiger partial charge in [-0.15, -0.1) is 0 Å². The topological polar surface area (TPSA) is 92.2 Å². The zero-order valence-electron chi connectivity index (χ0n) is 20.7. The molecule has 1 aliphatic carbocycles. The molecule has 1 aliphatic rings. The highest BCUT2D eigenvalue weighted by Crippen LogP contribution is 2.35. The Labute approximate surface area is 224 Å². The molecule has 1 fully saturated rings. The molecular formula is C30H27ClFN3O3. The first-order chi connectivity index (χ1) is 18.4. The van der Waals surface area contributed by atoms with E-state index in [1.54, 1.807) is 30.3 Å². The number of aromatic nitrogens is 2. The molecule has 2 N–H and O–H groups in total. The van der Waals surface area contributed by atoms with Gasteiger partial charge in [0.2, 0.25) is 0 Å². The Morgan fingerprint density at radius 1 is 0.974 bits per heavy atom. The Morgan fingerprint density at radius 2 is 1.74 bits per heavy atom. The molecule has 2 unspecified atom stereocenters. The highest BCUT2D eigenvalue weighted by Gasteiger charge is 2.30. The first-order valence-corrected chi connectivity index (χ1v) is 13.1. The van der Waals surface area contributed by atoms with Crippen LogP contribution in [-0.2, 0) is 17.6 Å². The number of hydrogen-bond donors (Lipinski definition) is 2. The van der Waals surface area contributed by atoms with Crippen molar-refractivity contribution in [3.8, 4) is 11.3 Å². The summed E-state index contributed by atoms with van der Waals surface area (Å²) in [6, 6.07) is 18.9. The van der Waals surface area contributed by atoms with Crippen LogP contribution in [0.4, 0.5) is 4.39 Å². The van der Waals surface area contributed by atoms with Crippen molar-refractivity contribution in [2.45, 2.75) is 32.1 Å². The predicted molar refractivity (Wildman–Crippen MR) is 145 cm³/mol. The van der Waals surface area contributed by atoms with Gasteiger partial charge in [-0.3, -0.25) is 9.59 Å². The van der Waals surface area contributed by atoms with Crippen molar-refractivity contribution in [1.82, 2.24) is 15.3 Å². The van der Waals surface area contributed by atoms with Crippen molar-refractivity contribution >= 4 is 34.5 Å². The Bertz CT molecular complexity index is 1480. The van der Waals surface area contributed by atoms with Gasteiger partial charge in [0.05, 0.1) is 28.3 Å². The second kappa shape index (κ2) is 11.3. The number of aliphatic carboxylic acids is 1. The van der Waals surface area contributed by atoms with Crippen LogP contribution in [0.15, 0.2) is 66.7 Å². The van der Waals surface area contributed by atoms with Crippen LogP contribution in [0.2, 0.25) is 5.02 Å². The number of fused-ring (bicyclic) bond motifs is 1. The van der Waals surface area contributed by atoms with Gasteiger partial charge in [-0.1, -0.05) is 35.9 Å². The van der Waals surface area contributed by atoms with E-state index in [1.807, 2.05) is 24.3 Å². The molecule has 8 heteroatoms. The van der Waals surface area contributed by atoms with Gasteiger partial charge in [-0.2, -0.15) is 0 Å². The number of carbonyl (C=O) groups excluding carboxylic acids is 1. The maximum Gasteiger partial charge on any atom is 0.306 e. The fourth-order valence-corrected chi connectivity index (χ4v) is 5.17. The molecule has 1 heterocycles. The average Bonchev–Trinajstić information content (AvgIpc) is 3.38. The summed E-state index contributed by atoms with van der Waals surface area (Å²) in [6.45, 7) is 0.418. The van der Waals surface area contributed by atoms with Gasteiger partial charge in [0.1, 0.15) is 5.82 Å². The van der Waals surface area contributed by atoms with E-state index >= 15 is 0 Å². The Balaban J connectivity index is 1.39. The van der Waals surface area contributed by atoms with E-state index in [9.17, 15) is 19.1 Å². The number of carboxylic acid groups (broad SMARTS) is 1. The van der Waals surface area contributed by atoms with Crippen LogP contribution in [0.5, 0.6) is 0 Å². The van der Waals surface area contributed by atoms with E-state index in [4.69, 9.17) is 21.6 Å². The van der Waals surface area contributed by atoms with Gasteiger partial charge in [0.15, 0.2) is 0 Å². The van der Waals surface area contributed by atoms with Crippen LogP contribution in [0.1, 0.15) is 40.9 Å². The number of nitrogens with one attached hydrogen (secondary N) is 1. The van der Waals surface area contributed by atoms with Crippen molar-refractivity contribution in [3.05, 3.63) is 94.4 Å². The molecule has 194 valence electrons. The summed E-state index contributed by atoms with van der Waals surface area (Å²) in [6.07, 6.45) is 3.31. The molecule has 5 rings (SSSR count). The second-order valence-corrected chi connectivity index (χ2v) is 10.2. The molecule has 4 aromatic rings. The third-order valence-electron chi connectivity index (χ3n) is 7.10. The molecule has 0 aliphatic heterocycles. The molecule has 3 aromatic carbocycles. The van der Waals surface area contributed by atoms with Gasteiger partial charge < -0.3 is 10.4 Å². The largest absolute Gasteiger partial charge is 0.481 e. The first kappa shape index (κ1) is 25.8. The molecule has 38 heavy (non-hydrogen) atoms. The zero-order chi connectivity index (χ0) is 26.6. The maximum absolute atomic E-state index is 13.1. The number of hydrogen-bond acceptors (Lipinski definition) is 4. The summed E-state index contributed by atoms with van der Waals surface area (Å²) in [4.78, 5) is 34.1. The SMILES string of the molecule is O=C(NCCc1ccc(F)cc1)c1ccc2nc(-c3ccc(Cl)cc3)c(CC3CCC(C(=O)O)C3)nc2c1. The lowest BCUT2D eigenvalue weighted by Crippen LogP contribution is -2.25. The molecule has 1 amide bonds. The molecule has 0 radical (unpaired) electrons. The van der Waals surface area contributed by atoms with Gasteiger partial charge in [0.25, 0.3) is 5.91 Å². The minimum Gasteiger partial charge on any atom is -0.481 e. The lowest BCUT2D eigenvalue weighted by molar-refractivity contribution is -0.141. The first-order valence-electron chi connectivity index (χ1n) is 12.7. The third-order valence-corrected chi connectivity index (χ3v) is 7.35. The summed E-state index contributed by atoms with van der Waals surface area (Å²) >= 11 is 6.10. The molecule has 2 atom stereocenters. The smallest absolute Gasteiger partial charge is 0.306 e. The number of carbonyl (C=O) groups is 2. The standard InChI is InChI=1S/C30H27ClFN3O3/c31-23-8-5-20(6-9-23)28-27(16-19-1-4-22(15-19)30(37)38)34-26-17-21(7-12-25(26)35-28)29(36)33-14-13-18-2-10-24(32)11-3-18/h2-3,5-12,17,19,22H,1,4,13-16H2,(H,33,36)(H,37,38). The van der Waals surface area contributed by atoms with E-state index in [2.05, 4.69) is 5.32 Å². The number of carboxylic acids is 1. The predicted octanol–water partition coefficient (Wildman–Crippen LogP) is 6.11. The minimum atomic E-state index is -0.745. The molecule has 6 nitrogen and oxygen atoms in total. The van der Waals surface area contributed by atoms with Gasteiger partial charge in [0, 0.05) is 22.7 Å². The molecular weight excluding hydrogens is 505 g/mol. The van der Waals surface area contributed by atoms with Crippen molar-refractivity contribution < 1.29 is 19.1 Å². The van der Waals surface area contributed by atoms with Crippen LogP contribution in [0, 0.1) is 17.7 Å². The van der Waals surface area contributed by atoms with E-state index in [1.165, 1.54) is 12.1 Å². The fourth-order valence-electron chi connectivity index (χ4n) is 5.04. The van der Waals surface area contributed by atoms with Crippen molar-refractivity contribution in [2.75, 3.05) is 6.54 Å². The average molecular weight is 532 g/mol. The van der Waals surface area contributed by atoms with Crippen LogP contribution >= 0.6 is 11.6 Å². The lowest BCUT2D eigenvalue weighted by atomic mass is 9.96. The number of rotatable bonds is 8. The summed E-state index contributed by atoms with van der Waals surface area (Å²) in [5.74, 6) is -1.38. The highest BCUT2D eigenvalue weighted by atomic mass is 35.5. The summed E-state index contributed by atoms with van der Waals surface area (Å²) < 4.78 is 13.1. The zero-order valence-corrected chi connectivity index (χ0v) is 21.4. The molecule has 0 spiro atoms. The number of halogens is 2. The van der Waals surface area contributed by atoms with E-state index in [0.29, 0.717) is 53.8 Å². The summed E-state index contributed by atoms with van der Waals surface area (Å²) in [7, 11) is 0. The van der Waals surface area contributed by atoms with Crippen molar-refractivity contribution in [3.63, 3.8) is 0 Å². The molecule has 0 saturated heterocycles. The lowest BCUT2D eigenvalue weighted by Gasteiger charge is -2.15. The quantitative estimate of drug-likeness (QED) is 0.286. The third kappa shape index (κ3) is 6.00. The molecule has 0 bridgehead atoms. The van der Waals surface area contributed by atoms with Gasteiger partial charge in [-0.25, -0.2) is 14.4 Å². The number of nitrogens with zero attached hydrogens (tertiary/aromatic N) is 2. The van der Waals surface area contributed by atoms with E-state index < -0.39 is 5.97 Å². The second-order valence-electron chi connectivity index (χ2n) is 9.78. The minimum absolute atomic E-state index is 0.201. The van der Waals surface area contributed by atoms with Crippen LogP contribution in [0.3, 0.4) is 0 Å². The van der Waals surface area contributed by atoms with Gasteiger partial charge in [-0.05, 0) is 86.1 Å². The summed E-state index contributed by atoms with van der Waals surface area (Å²) in [5, 5.41) is 13.0. The summed E-state index contributed by atoms with van der Waals surface area (Å²) in [5.41, 5.74) is 5.09. The fraction of sp³-hybridized carbons (Fsp3) is 0.267. The van der Waals surface area contributed by atoms with E-state index in [0.717, 1.165) is 28.9 Å². The number of benzene rings is 3. The molecule has 1 saturated carbocycles. The Morgan fingerprint density at radius 3 is 2.45 bits per heavy atom. The maximum atomic E-state index is 13.1. The van der Waals surface area contributed by atoms with Crippen molar-refractivity contribution in [2.24, 2.45) is 11.8 Å². The Hall–Kier alpha value is -3.84. The van der Waals surface area contributed by atoms with Crippen LogP contribution < -0.4 is 5.32 Å². The normalized spacial score (nSPS) is 17.0. The van der Waals surface area contributed by atoms with Crippen LogP contribution in [-0.4, -0.2) is 33.5 Å².